The number of rotatable bonds is 3. The predicted octanol–water partition coefficient (Wildman–Crippen LogP) is 3.15. The van der Waals surface area contributed by atoms with Crippen LogP contribution >= 0.6 is 0 Å². The number of hydrogen-bond acceptors (Lipinski definition) is 5. The van der Waals surface area contributed by atoms with E-state index < -0.39 is 0 Å². The zero-order chi connectivity index (χ0) is 17.5. The first-order chi connectivity index (χ1) is 12.8. The summed E-state index contributed by atoms with van der Waals surface area (Å²) in [7, 11) is 2.04. The number of anilines is 2. The highest BCUT2D eigenvalue weighted by atomic mass is 16.6. The minimum Gasteiger partial charge on any atom is -0.486 e. The van der Waals surface area contributed by atoms with Gasteiger partial charge in [0, 0.05) is 28.9 Å². The van der Waals surface area contributed by atoms with E-state index in [9.17, 15) is 0 Å². The largest absolute Gasteiger partial charge is 0.486 e. The smallest absolute Gasteiger partial charge is 0.163 e. The number of hydrogen-bond donors (Lipinski definition) is 3. The summed E-state index contributed by atoms with van der Waals surface area (Å²) in [6, 6.07) is 10.6. The van der Waals surface area contributed by atoms with E-state index in [1.54, 1.807) is 0 Å². The molecule has 3 aromatic rings. The molecule has 0 fully saturated rings. The summed E-state index contributed by atoms with van der Waals surface area (Å²) in [4.78, 5) is 8.29. The van der Waals surface area contributed by atoms with Gasteiger partial charge in [0.15, 0.2) is 11.5 Å². The molecule has 2 aromatic heterocycles. The normalized spacial score (nSPS) is 18.6. The standard InChI is InChI=1S/C20H22N4O2/c1-21-12-2-5-16-15(10-12)14-4-7-19(24-20(14)23-16)22-13-3-6-17-18(11-13)26-9-8-25-17/h3-4,6-7,11-12,21H,2,5,8-10H2,1H3,(H2,22,23,24). The lowest BCUT2D eigenvalue weighted by molar-refractivity contribution is 0.171. The van der Waals surface area contributed by atoms with Gasteiger partial charge in [0.05, 0.1) is 0 Å². The van der Waals surface area contributed by atoms with Gasteiger partial charge < -0.3 is 25.1 Å². The first kappa shape index (κ1) is 15.5. The molecule has 1 unspecified atom stereocenters. The number of likely N-dealkylation sites (N-methyl/N-ethyl adjacent to an activating group) is 1. The molecule has 0 radical (unpaired) electrons. The highest BCUT2D eigenvalue weighted by molar-refractivity contribution is 5.84. The topological polar surface area (TPSA) is 71.2 Å². The Bertz CT molecular complexity index is 966. The van der Waals surface area contributed by atoms with E-state index in [1.807, 2.05) is 31.3 Å². The maximum Gasteiger partial charge on any atom is 0.163 e. The van der Waals surface area contributed by atoms with Crippen molar-refractivity contribution in [1.82, 2.24) is 15.3 Å². The van der Waals surface area contributed by atoms with Gasteiger partial charge in [-0.2, -0.15) is 0 Å². The molecule has 1 atom stereocenters. The zero-order valence-electron chi connectivity index (χ0n) is 14.8. The summed E-state index contributed by atoms with van der Waals surface area (Å²) < 4.78 is 11.2. The maximum atomic E-state index is 5.65. The van der Waals surface area contributed by atoms with Gasteiger partial charge in [0.1, 0.15) is 24.7 Å². The van der Waals surface area contributed by atoms with E-state index in [0.29, 0.717) is 19.3 Å². The molecule has 134 valence electrons. The van der Waals surface area contributed by atoms with Crippen molar-refractivity contribution in [3.63, 3.8) is 0 Å². The fraction of sp³-hybridized carbons (Fsp3) is 0.350. The van der Waals surface area contributed by atoms with Gasteiger partial charge in [-0.3, -0.25) is 0 Å². The lowest BCUT2D eigenvalue weighted by Gasteiger charge is -2.21. The summed E-state index contributed by atoms with van der Waals surface area (Å²) in [6.07, 6.45) is 3.29. The van der Waals surface area contributed by atoms with Crippen molar-refractivity contribution in [1.29, 1.82) is 0 Å². The molecule has 1 aliphatic carbocycles. The third-order valence-corrected chi connectivity index (χ3v) is 5.27. The average Bonchev–Trinajstić information content (AvgIpc) is 3.04. The maximum absolute atomic E-state index is 5.65. The van der Waals surface area contributed by atoms with Crippen LogP contribution < -0.4 is 20.1 Å². The molecule has 3 heterocycles. The van der Waals surface area contributed by atoms with Gasteiger partial charge in [0.2, 0.25) is 0 Å². The Morgan fingerprint density at radius 3 is 2.88 bits per heavy atom. The van der Waals surface area contributed by atoms with Crippen molar-refractivity contribution < 1.29 is 9.47 Å². The Morgan fingerprint density at radius 2 is 2.00 bits per heavy atom. The highest BCUT2D eigenvalue weighted by Crippen LogP contribution is 2.34. The second kappa shape index (κ2) is 6.21. The van der Waals surface area contributed by atoms with Crippen LogP contribution in [0.15, 0.2) is 30.3 Å². The Hall–Kier alpha value is -2.73. The summed E-state index contributed by atoms with van der Waals surface area (Å²) >= 11 is 0. The lowest BCUT2D eigenvalue weighted by Crippen LogP contribution is -2.31. The van der Waals surface area contributed by atoms with Crippen LogP contribution in [-0.2, 0) is 12.8 Å². The van der Waals surface area contributed by atoms with Crippen molar-refractivity contribution in [2.75, 3.05) is 25.6 Å². The van der Waals surface area contributed by atoms with Gasteiger partial charge in [-0.05, 0) is 56.1 Å². The number of aryl methyl sites for hydroxylation is 1. The van der Waals surface area contributed by atoms with Gasteiger partial charge in [0.25, 0.3) is 0 Å². The predicted molar refractivity (Wildman–Crippen MR) is 102 cm³/mol. The fourth-order valence-corrected chi connectivity index (χ4v) is 3.88. The summed E-state index contributed by atoms with van der Waals surface area (Å²) in [5.41, 5.74) is 4.63. The number of pyridine rings is 1. The number of nitrogens with zero attached hydrogens (tertiary/aromatic N) is 1. The number of aromatic amines is 1. The van der Waals surface area contributed by atoms with E-state index in [2.05, 4.69) is 21.7 Å². The number of nitrogens with one attached hydrogen (secondary N) is 3. The van der Waals surface area contributed by atoms with Gasteiger partial charge in [-0.15, -0.1) is 0 Å². The molecule has 1 aliphatic heterocycles. The third-order valence-electron chi connectivity index (χ3n) is 5.27. The Morgan fingerprint density at radius 1 is 1.12 bits per heavy atom. The van der Waals surface area contributed by atoms with Crippen LogP contribution in [0.25, 0.3) is 11.0 Å². The van der Waals surface area contributed by atoms with E-state index in [4.69, 9.17) is 14.5 Å². The SMILES string of the molecule is CNC1CCc2[nH]c3nc(Nc4ccc5c(c4)OCCO5)ccc3c2C1. The van der Waals surface area contributed by atoms with Crippen LogP contribution in [0.2, 0.25) is 0 Å². The van der Waals surface area contributed by atoms with Gasteiger partial charge in [-0.25, -0.2) is 4.98 Å². The number of ether oxygens (including phenoxy) is 2. The summed E-state index contributed by atoms with van der Waals surface area (Å²) in [5.74, 6) is 2.38. The number of H-pyrrole nitrogens is 1. The Balaban J connectivity index is 1.43. The van der Waals surface area contributed by atoms with E-state index in [1.165, 1.54) is 23.1 Å². The van der Waals surface area contributed by atoms with E-state index in [0.717, 1.165) is 41.5 Å². The molecular weight excluding hydrogens is 328 g/mol. The van der Waals surface area contributed by atoms with Crippen molar-refractivity contribution >= 4 is 22.5 Å². The first-order valence-electron chi connectivity index (χ1n) is 9.14. The third kappa shape index (κ3) is 2.66. The minimum atomic E-state index is 0.553. The van der Waals surface area contributed by atoms with Gasteiger partial charge >= 0.3 is 0 Å². The first-order valence-corrected chi connectivity index (χ1v) is 9.14. The van der Waals surface area contributed by atoms with Crippen LogP contribution in [0, 0.1) is 0 Å². The van der Waals surface area contributed by atoms with E-state index in [-0.39, 0.29) is 0 Å². The van der Waals surface area contributed by atoms with Crippen LogP contribution in [0.5, 0.6) is 11.5 Å². The van der Waals surface area contributed by atoms with Crippen LogP contribution in [0.4, 0.5) is 11.5 Å². The second-order valence-electron chi connectivity index (χ2n) is 6.89. The monoisotopic (exact) mass is 350 g/mol. The number of aromatic nitrogens is 2. The van der Waals surface area contributed by atoms with Crippen LogP contribution in [0.3, 0.4) is 0 Å². The Labute approximate surface area is 151 Å². The number of benzene rings is 1. The summed E-state index contributed by atoms with van der Waals surface area (Å²) in [6.45, 7) is 1.19. The second-order valence-corrected chi connectivity index (χ2v) is 6.89. The van der Waals surface area contributed by atoms with Crippen molar-refractivity contribution in [3.05, 3.63) is 41.6 Å². The van der Waals surface area contributed by atoms with Crippen LogP contribution in [0.1, 0.15) is 17.7 Å². The highest BCUT2D eigenvalue weighted by Gasteiger charge is 2.22. The van der Waals surface area contributed by atoms with Crippen molar-refractivity contribution in [3.8, 4) is 11.5 Å². The molecule has 2 aliphatic rings. The van der Waals surface area contributed by atoms with Crippen molar-refractivity contribution in [2.45, 2.75) is 25.3 Å². The molecule has 0 bridgehead atoms. The number of fused-ring (bicyclic) bond motifs is 4. The molecule has 0 amide bonds. The summed E-state index contributed by atoms with van der Waals surface area (Å²) in [5, 5.41) is 8.00. The zero-order valence-corrected chi connectivity index (χ0v) is 14.8. The molecule has 26 heavy (non-hydrogen) atoms. The molecule has 6 heteroatoms. The van der Waals surface area contributed by atoms with Crippen molar-refractivity contribution in [2.24, 2.45) is 0 Å². The van der Waals surface area contributed by atoms with Crippen LogP contribution in [-0.4, -0.2) is 36.3 Å². The fourth-order valence-electron chi connectivity index (χ4n) is 3.88. The van der Waals surface area contributed by atoms with E-state index >= 15 is 0 Å². The average molecular weight is 350 g/mol. The lowest BCUT2D eigenvalue weighted by atomic mass is 9.92. The molecule has 1 aromatic carbocycles. The molecule has 0 saturated carbocycles. The molecule has 3 N–H and O–H groups in total. The molecule has 0 spiro atoms. The molecule has 0 saturated heterocycles. The Kier molecular flexibility index (Phi) is 3.71. The molecule has 5 rings (SSSR count). The minimum absolute atomic E-state index is 0.553. The molecule has 6 nitrogen and oxygen atoms in total. The quantitative estimate of drug-likeness (QED) is 0.677. The van der Waals surface area contributed by atoms with Gasteiger partial charge in [-0.1, -0.05) is 0 Å². The molecular formula is C20H22N4O2.